The molecule has 64 valence electrons. The third-order valence-electron chi connectivity index (χ3n) is 1.81. The summed E-state index contributed by atoms with van der Waals surface area (Å²) in [6.45, 7) is 5.41. The maximum absolute atomic E-state index is 12.0. The minimum atomic E-state index is -0.259. The molecule has 1 unspecified atom stereocenters. The van der Waals surface area contributed by atoms with E-state index in [0.29, 0.717) is 0 Å². The van der Waals surface area contributed by atoms with Crippen LogP contribution in [0.3, 0.4) is 0 Å². The van der Waals surface area contributed by atoms with Crippen LogP contribution in [0.1, 0.15) is 24.1 Å². The van der Waals surface area contributed by atoms with Crippen LogP contribution in [-0.4, -0.2) is 0 Å². The summed E-state index contributed by atoms with van der Waals surface area (Å²) in [5, 5.41) is 0. The van der Waals surface area contributed by atoms with Gasteiger partial charge in [0, 0.05) is 0 Å². The molecule has 0 saturated heterocycles. The molecule has 0 aromatic heterocycles. The molecule has 0 aliphatic heterocycles. The Kier molecular flexibility index (Phi) is 3.00. The van der Waals surface area contributed by atoms with Crippen LogP contribution in [-0.2, 0) is 0 Å². The van der Waals surface area contributed by atoms with Crippen molar-refractivity contribution in [1.29, 1.82) is 0 Å². The lowest BCUT2D eigenvalue weighted by molar-refractivity contribution is 0.285. The predicted molar refractivity (Wildman–Crippen MR) is 49.2 cm³/mol. The highest BCUT2D eigenvalue weighted by atomic mass is 19.2. The fourth-order valence-corrected chi connectivity index (χ4v) is 1.02. The van der Waals surface area contributed by atoms with E-state index in [1.54, 1.807) is 18.5 Å². The highest BCUT2D eigenvalue weighted by Crippen LogP contribution is 2.14. The first-order chi connectivity index (χ1) is 5.77. The summed E-state index contributed by atoms with van der Waals surface area (Å²) >= 11 is 0. The van der Waals surface area contributed by atoms with E-state index in [1.165, 1.54) is 0 Å². The van der Waals surface area contributed by atoms with Gasteiger partial charge in [0.25, 0.3) is 0 Å². The molecule has 1 aromatic rings. The first-order valence-corrected chi connectivity index (χ1v) is 3.86. The van der Waals surface area contributed by atoms with Crippen molar-refractivity contribution in [1.82, 2.24) is 5.54 Å². The average Bonchev–Trinajstić information content (AvgIpc) is 2.17. The molecule has 0 saturated carbocycles. The van der Waals surface area contributed by atoms with Gasteiger partial charge in [0.15, 0.2) is 0 Å². The summed E-state index contributed by atoms with van der Waals surface area (Å²) < 4.78 is 12.0. The molecule has 0 amide bonds. The molecule has 2 heteroatoms. The van der Waals surface area contributed by atoms with Gasteiger partial charge in [-0.3, -0.25) is 0 Å². The lowest BCUT2D eigenvalue weighted by Crippen LogP contribution is -2.07. The summed E-state index contributed by atoms with van der Waals surface area (Å²) in [6.07, 6.45) is 1.74. The lowest BCUT2D eigenvalue weighted by Gasteiger charge is -2.07. The third-order valence-corrected chi connectivity index (χ3v) is 1.81. The number of hydrogen-bond donors (Lipinski definition) is 1. The van der Waals surface area contributed by atoms with Crippen molar-refractivity contribution < 1.29 is 4.48 Å². The van der Waals surface area contributed by atoms with E-state index in [0.717, 1.165) is 11.1 Å². The highest BCUT2D eigenvalue weighted by Gasteiger charge is 2.02. The molecule has 0 aliphatic carbocycles. The normalized spacial score (nSPS) is 12.5. The van der Waals surface area contributed by atoms with Crippen LogP contribution in [0.15, 0.2) is 30.8 Å². The molecule has 1 aromatic carbocycles. The van der Waals surface area contributed by atoms with Crippen LogP contribution in [0.5, 0.6) is 0 Å². The van der Waals surface area contributed by atoms with Crippen LogP contribution in [0.2, 0.25) is 0 Å². The fourth-order valence-electron chi connectivity index (χ4n) is 1.02. The van der Waals surface area contributed by atoms with Crippen molar-refractivity contribution in [2.75, 3.05) is 0 Å². The molecular weight excluding hydrogens is 153 g/mol. The Morgan fingerprint density at radius 2 is 2.33 bits per heavy atom. The summed E-state index contributed by atoms with van der Waals surface area (Å²) in [5.41, 5.74) is 3.63. The van der Waals surface area contributed by atoms with Crippen LogP contribution in [0.25, 0.3) is 6.08 Å². The fraction of sp³-hybridized carbons (Fsp3) is 0.200. The first-order valence-electron chi connectivity index (χ1n) is 3.86. The van der Waals surface area contributed by atoms with Crippen molar-refractivity contribution in [3.8, 4) is 0 Å². The summed E-state index contributed by atoms with van der Waals surface area (Å²) in [6, 6.07) is 7.35. The van der Waals surface area contributed by atoms with Crippen molar-refractivity contribution in [3.63, 3.8) is 0 Å². The molecule has 1 atom stereocenters. The van der Waals surface area contributed by atoms with Gasteiger partial charge >= 0.3 is 0 Å². The van der Waals surface area contributed by atoms with Gasteiger partial charge in [-0.05, 0) is 18.1 Å². The van der Waals surface area contributed by atoms with E-state index in [1.807, 2.05) is 24.3 Å². The SMILES string of the molecule is C=Cc1cccc(C(C)NF)c1. The standard InChI is InChI=1S/C10H12FN/c1-3-9-5-4-6-10(7-9)8(2)12-11/h3-8,12H,1H2,2H3. The van der Waals surface area contributed by atoms with Gasteiger partial charge in [0.1, 0.15) is 0 Å². The van der Waals surface area contributed by atoms with Gasteiger partial charge in [-0.2, -0.15) is 5.54 Å². The zero-order valence-corrected chi connectivity index (χ0v) is 7.05. The third kappa shape index (κ3) is 1.92. The number of rotatable bonds is 3. The Labute approximate surface area is 71.9 Å². The Bertz CT molecular complexity index is 270. The Balaban J connectivity index is 2.93. The lowest BCUT2D eigenvalue weighted by atomic mass is 10.1. The largest absolute Gasteiger partial charge is 0.152 e. The van der Waals surface area contributed by atoms with Crippen molar-refractivity contribution in [2.45, 2.75) is 13.0 Å². The smallest absolute Gasteiger partial charge is 0.0593 e. The van der Waals surface area contributed by atoms with E-state index < -0.39 is 0 Å². The molecule has 0 radical (unpaired) electrons. The monoisotopic (exact) mass is 165 g/mol. The van der Waals surface area contributed by atoms with Gasteiger partial charge in [-0.1, -0.05) is 36.9 Å². The second kappa shape index (κ2) is 4.02. The van der Waals surface area contributed by atoms with Gasteiger partial charge in [-0.25, -0.2) is 0 Å². The minimum Gasteiger partial charge on any atom is -0.152 e. The number of hydrogen-bond acceptors (Lipinski definition) is 1. The minimum absolute atomic E-state index is 0.259. The zero-order chi connectivity index (χ0) is 8.97. The molecule has 0 bridgehead atoms. The van der Waals surface area contributed by atoms with Gasteiger partial charge < -0.3 is 0 Å². The maximum atomic E-state index is 12.0. The molecule has 0 aliphatic rings. The van der Waals surface area contributed by atoms with Crippen molar-refractivity contribution in [3.05, 3.63) is 42.0 Å². The molecule has 0 heterocycles. The van der Waals surface area contributed by atoms with Crippen LogP contribution in [0, 0.1) is 0 Å². The summed E-state index contributed by atoms with van der Waals surface area (Å²) in [4.78, 5) is 0. The molecule has 1 nitrogen and oxygen atoms in total. The zero-order valence-electron chi connectivity index (χ0n) is 7.05. The Morgan fingerprint density at radius 1 is 1.58 bits per heavy atom. The second-order valence-corrected chi connectivity index (χ2v) is 2.71. The van der Waals surface area contributed by atoms with E-state index in [4.69, 9.17) is 0 Å². The van der Waals surface area contributed by atoms with E-state index >= 15 is 0 Å². The molecule has 0 fully saturated rings. The number of benzene rings is 1. The van der Waals surface area contributed by atoms with E-state index in [9.17, 15) is 4.48 Å². The predicted octanol–water partition coefficient (Wildman–Crippen LogP) is 2.86. The van der Waals surface area contributed by atoms with Gasteiger partial charge in [-0.15, -0.1) is 4.48 Å². The molecule has 1 N–H and O–H groups in total. The van der Waals surface area contributed by atoms with E-state index in [-0.39, 0.29) is 6.04 Å². The Hall–Kier alpha value is -1.15. The first kappa shape index (κ1) is 8.94. The van der Waals surface area contributed by atoms with Gasteiger partial charge in [0.05, 0.1) is 6.04 Å². The van der Waals surface area contributed by atoms with Crippen molar-refractivity contribution >= 4 is 6.08 Å². The van der Waals surface area contributed by atoms with Crippen molar-refractivity contribution in [2.24, 2.45) is 0 Å². The van der Waals surface area contributed by atoms with Crippen LogP contribution in [0.4, 0.5) is 4.48 Å². The number of nitrogens with one attached hydrogen (secondary N) is 1. The highest BCUT2D eigenvalue weighted by molar-refractivity contribution is 5.48. The quantitative estimate of drug-likeness (QED) is 0.679. The van der Waals surface area contributed by atoms with E-state index in [2.05, 4.69) is 6.58 Å². The summed E-state index contributed by atoms with van der Waals surface area (Å²) in [5.74, 6) is 0. The second-order valence-electron chi connectivity index (χ2n) is 2.71. The topological polar surface area (TPSA) is 12.0 Å². The molecule has 1 rings (SSSR count). The van der Waals surface area contributed by atoms with Crippen LogP contribution >= 0.6 is 0 Å². The summed E-state index contributed by atoms with van der Waals surface area (Å²) in [7, 11) is 0. The Morgan fingerprint density at radius 3 is 2.92 bits per heavy atom. The molecular formula is C10H12FN. The van der Waals surface area contributed by atoms with Crippen LogP contribution < -0.4 is 5.54 Å². The maximum Gasteiger partial charge on any atom is 0.0593 e. The van der Waals surface area contributed by atoms with Gasteiger partial charge in [0.2, 0.25) is 0 Å². The average molecular weight is 165 g/mol. The molecule has 12 heavy (non-hydrogen) atoms. The number of halogens is 1. The molecule has 0 spiro atoms.